The lowest BCUT2D eigenvalue weighted by Crippen LogP contribution is -2.24. The van der Waals surface area contributed by atoms with E-state index in [2.05, 4.69) is 0 Å². The third kappa shape index (κ3) is 4.86. The van der Waals surface area contributed by atoms with Crippen molar-refractivity contribution in [2.75, 3.05) is 6.26 Å². The van der Waals surface area contributed by atoms with Gasteiger partial charge >= 0.3 is 0 Å². The van der Waals surface area contributed by atoms with Crippen molar-refractivity contribution in [3.8, 4) is 5.75 Å². The van der Waals surface area contributed by atoms with Crippen molar-refractivity contribution >= 4 is 51.6 Å². The number of hydrogen-bond donors (Lipinski definition) is 1. The number of nitro benzene ring substituents is 1. The van der Waals surface area contributed by atoms with Crippen LogP contribution in [0.5, 0.6) is 5.75 Å². The second-order valence-corrected chi connectivity index (χ2v) is 8.82. The smallest absolute Gasteiger partial charge is 0.274 e. The van der Waals surface area contributed by atoms with Gasteiger partial charge in [-0.1, -0.05) is 29.3 Å². The number of thioether (sulfide) groups is 1. The van der Waals surface area contributed by atoms with E-state index >= 15 is 0 Å². The van der Waals surface area contributed by atoms with E-state index in [-0.39, 0.29) is 34.6 Å². The van der Waals surface area contributed by atoms with Crippen LogP contribution >= 0.6 is 35.0 Å². The van der Waals surface area contributed by atoms with Crippen LogP contribution in [-0.2, 0) is 13.1 Å². The van der Waals surface area contributed by atoms with E-state index in [0.29, 0.717) is 27.5 Å². The van der Waals surface area contributed by atoms with E-state index in [0.717, 1.165) is 10.5 Å². The van der Waals surface area contributed by atoms with Gasteiger partial charge in [0.25, 0.3) is 11.2 Å². The molecule has 0 fully saturated rings. The van der Waals surface area contributed by atoms with Crippen LogP contribution in [-0.4, -0.2) is 31.1 Å². The molecular formula is C22H19Cl2N3O5S. The van der Waals surface area contributed by atoms with Crippen molar-refractivity contribution in [2.24, 2.45) is 0 Å². The number of halogens is 2. The second-order valence-electron chi connectivity index (χ2n) is 7.12. The van der Waals surface area contributed by atoms with Crippen LogP contribution in [0, 0.1) is 10.1 Å². The third-order valence-corrected chi connectivity index (χ3v) is 6.61. The third-order valence-electron chi connectivity index (χ3n) is 5.15. The maximum Gasteiger partial charge on any atom is 0.274 e. The fraction of sp³-hybridized carbons (Fsp3) is 0.136. The summed E-state index contributed by atoms with van der Waals surface area (Å²) in [7, 11) is 0. The molecule has 0 bridgehead atoms. The summed E-state index contributed by atoms with van der Waals surface area (Å²) in [5.41, 5.74) is 1.36. The SMILES string of the molecule is CSc1ccc2c(c1)c(=O)n(Cc1cc([N+](=O)[O-])ccc1O)n2Cc1ccc(Cl)c(Cl)c1.O. The van der Waals surface area contributed by atoms with Crippen LogP contribution in [0.25, 0.3) is 10.9 Å². The fourth-order valence-electron chi connectivity index (χ4n) is 3.53. The van der Waals surface area contributed by atoms with Gasteiger partial charge < -0.3 is 10.6 Å². The molecule has 4 aromatic rings. The van der Waals surface area contributed by atoms with Gasteiger partial charge in [-0.25, -0.2) is 4.68 Å². The Kier molecular flexibility index (Phi) is 7.38. The van der Waals surface area contributed by atoms with Gasteiger partial charge in [-0.3, -0.25) is 19.6 Å². The van der Waals surface area contributed by atoms with Crippen LogP contribution < -0.4 is 5.56 Å². The molecule has 0 saturated heterocycles. The number of aromatic hydroxyl groups is 1. The van der Waals surface area contributed by atoms with Gasteiger partial charge in [0.1, 0.15) is 5.75 Å². The number of fused-ring (bicyclic) bond motifs is 1. The van der Waals surface area contributed by atoms with E-state index in [1.807, 2.05) is 30.5 Å². The standard InChI is InChI=1S/C22H17Cl2N3O4S.H2O/c1-32-16-4-6-20-17(10-16)22(29)26(12-14-9-15(27(30)31)3-7-21(14)28)25(20)11-13-2-5-18(23)19(24)8-13;/h2-10,28H,11-12H2,1H3;1H2. The highest BCUT2D eigenvalue weighted by Gasteiger charge is 2.18. The molecule has 3 aromatic carbocycles. The van der Waals surface area contributed by atoms with Crippen LogP contribution in [0.4, 0.5) is 5.69 Å². The largest absolute Gasteiger partial charge is 0.508 e. The Hall–Kier alpha value is -2.98. The lowest BCUT2D eigenvalue weighted by Gasteiger charge is -2.14. The Morgan fingerprint density at radius 3 is 2.42 bits per heavy atom. The van der Waals surface area contributed by atoms with Crippen molar-refractivity contribution in [1.82, 2.24) is 9.36 Å². The first kappa shape index (κ1) is 24.7. The minimum Gasteiger partial charge on any atom is -0.508 e. The molecule has 0 aliphatic heterocycles. The van der Waals surface area contributed by atoms with Gasteiger partial charge in [-0.15, -0.1) is 11.8 Å². The van der Waals surface area contributed by atoms with Crippen molar-refractivity contribution in [2.45, 2.75) is 18.0 Å². The summed E-state index contributed by atoms with van der Waals surface area (Å²) in [4.78, 5) is 24.9. The number of non-ortho nitro benzene ring substituents is 1. The number of phenols is 1. The Morgan fingerprint density at radius 1 is 1.00 bits per heavy atom. The first-order chi connectivity index (χ1) is 15.3. The first-order valence-electron chi connectivity index (χ1n) is 9.46. The molecular weight excluding hydrogens is 489 g/mol. The molecule has 1 heterocycles. The van der Waals surface area contributed by atoms with Crippen LogP contribution in [0.3, 0.4) is 0 Å². The molecule has 8 nitrogen and oxygen atoms in total. The predicted octanol–water partition coefficient (Wildman–Crippen LogP) is 4.72. The van der Waals surface area contributed by atoms with E-state index in [1.54, 1.807) is 16.8 Å². The number of nitrogens with zero attached hydrogens (tertiary/aromatic N) is 3. The van der Waals surface area contributed by atoms with Crippen molar-refractivity contribution < 1.29 is 15.5 Å². The normalized spacial score (nSPS) is 10.9. The minimum atomic E-state index is -0.540. The zero-order chi connectivity index (χ0) is 23.0. The molecule has 0 spiro atoms. The Bertz CT molecular complexity index is 1420. The second kappa shape index (κ2) is 9.88. The maximum absolute atomic E-state index is 13.3. The summed E-state index contributed by atoms with van der Waals surface area (Å²) in [6, 6.07) is 14.6. The van der Waals surface area contributed by atoms with Crippen molar-refractivity contribution in [3.05, 3.63) is 96.2 Å². The van der Waals surface area contributed by atoms with Crippen LogP contribution in [0.2, 0.25) is 10.0 Å². The Morgan fingerprint density at radius 2 is 1.76 bits per heavy atom. The topological polar surface area (TPSA) is 122 Å². The number of nitro groups is 1. The molecule has 33 heavy (non-hydrogen) atoms. The van der Waals surface area contributed by atoms with Crippen LogP contribution in [0.1, 0.15) is 11.1 Å². The summed E-state index contributed by atoms with van der Waals surface area (Å²) in [5, 5.41) is 22.8. The highest BCUT2D eigenvalue weighted by Crippen LogP contribution is 2.27. The van der Waals surface area contributed by atoms with Crippen molar-refractivity contribution in [3.63, 3.8) is 0 Å². The lowest BCUT2D eigenvalue weighted by molar-refractivity contribution is -0.384. The zero-order valence-electron chi connectivity index (χ0n) is 17.3. The molecule has 172 valence electrons. The Labute approximate surface area is 202 Å². The maximum atomic E-state index is 13.3. The van der Waals surface area contributed by atoms with E-state index in [9.17, 15) is 20.0 Å². The minimum absolute atomic E-state index is 0. The summed E-state index contributed by atoms with van der Waals surface area (Å²) in [6.07, 6.45) is 1.92. The first-order valence-corrected chi connectivity index (χ1v) is 11.4. The monoisotopic (exact) mass is 507 g/mol. The van der Waals surface area contributed by atoms with Crippen molar-refractivity contribution in [1.29, 1.82) is 0 Å². The molecule has 3 N–H and O–H groups in total. The summed E-state index contributed by atoms with van der Waals surface area (Å²) in [5.74, 6) is -0.126. The van der Waals surface area contributed by atoms with E-state index in [4.69, 9.17) is 23.2 Å². The summed E-state index contributed by atoms with van der Waals surface area (Å²) in [6.45, 7) is 0.265. The predicted molar refractivity (Wildman–Crippen MR) is 131 cm³/mol. The number of hydrogen-bond acceptors (Lipinski definition) is 5. The molecule has 0 aliphatic carbocycles. The molecule has 0 amide bonds. The van der Waals surface area contributed by atoms with Gasteiger partial charge in [-0.2, -0.15) is 0 Å². The number of phenolic OH excluding ortho intramolecular Hbond substituents is 1. The molecule has 11 heteroatoms. The van der Waals surface area contributed by atoms with E-state index < -0.39 is 4.92 Å². The fourth-order valence-corrected chi connectivity index (χ4v) is 4.29. The van der Waals surface area contributed by atoms with Gasteiger partial charge in [0, 0.05) is 22.6 Å². The molecule has 0 aliphatic rings. The van der Waals surface area contributed by atoms with Crippen LogP contribution in [0.15, 0.2) is 64.3 Å². The lowest BCUT2D eigenvalue weighted by atomic mass is 10.2. The molecule has 0 radical (unpaired) electrons. The van der Waals surface area contributed by atoms with Gasteiger partial charge in [-0.05, 0) is 48.2 Å². The quantitative estimate of drug-likeness (QED) is 0.230. The summed E-state index contributed by atoms with van der Waals surface area (Å²) >= 11 is 13.7. The highest BCUT2D eigenvalue weighted by atomic mass is 35.5. The number of rotatable bonds is 6. The van der Waals surface area contributed by atoms with Gasteiger partial charge in [0.2, 0.25) is 0 Å². The highest BCUT2D eigenvalue weighted by molar-refractivity contribution is 7.98. The molecule has 4 rings (SSSR count). The van der Waals surface area contributed by atoms with Gasteiger partial charge in [0.05, 0.1) is 39.0 Å². The molecule has 1 aromatic heterocycles. The average Bonchev–Trinajstić information content (AvgIpc) is 3.02. The Balaban J connectivity index is 0.00000306. The van der Waals surface area contributed by atoms with E-state index in [1.165, 1.54) is 34.6 Å². The summed E-state index contributed by atoms with van der Waals surface area (Å²) < 4.78 is 3.25. The molecule has 0 saturated carbocycles. The number of aromatic nitrogens is 2. The molecule has 0 atom stereocenters. The molecule has 0 unspecified atom stereocenters. The number of benzene rings is 3. The zero-order valence-corrected chi connectivity index (χ0v) is 19.6. The average molecular weight is 508 g/mol. The van der Waals surface area contributed by atoms with Gasteiger partial charge in [0.15, 0.2) is 0 Å².